The molecule has 1 heterocycles. The maximum atomic E-state index is 11.4. The number of hydrogen-bond donors (Lipinski definition) is 1. The first-order valence-corrected chi connectivity index (χ1v) is 8.78. The maximum Gasteiger partial charge on any atom is 0.263 e. The SMILES string of the molecule is C[Si](C)(C)C#CNC(=O)c1ccsc1. The van der Waals surface area contributed by atoms with Gasteiger partial charge in [0.25, 0.3) is 5.91 Å². The van der Waals surface area contributed by atoms with Gasteiger partial charge in [-0.15, -0.1) is 5.54 Å². The quantitative estimate of drug-likeness (QED) is 0.442. The zero-order chi connectivity index (χ0) is 10.6. The summed E-state index contributed by atoms with van der Waals surface area (Å²) in [5.41, 5.74) is 3.76. The predicted octanol–water partition coefficient (Wildman–Crippen LogP) is 2.32. The van der Waals surface area contributed by atoms with E-state index in [0.29, 0.717) is 5.56 Å². The van der Waals surface area contributed by atoms with Crippen LogP contribution >= 0.6 is 11.3 Å². The molecule has 0 atom stereocenters. The minimum Gasteiger partial charge on any atom is -0.281 e. The molecule has 0 aliphatic carbocycles. The van der Waals surface area contributed by atoms with Gasteiger partial charge in [-0.2, -0.15) is 11.3 Å². The fraction of sp³-hybridized carbons (Fsp3) is 0.300. The summed E-state index contributed by atoms with van der Waals surface area (Å²) in [6.07, 6.45) is 0. The van der Waals surface area contributed by atoms with Gasteiger partial charge in [-0.05, 0) is 11.4 Å². The van der Waals surface area contributed by atoms with Crippen LogP contribution < -0.4 is 5.32 Å². The summed E-state index contributed by atoms with van der Waals surface area (Å²) < 4.78 is 0. The van der Waals surface area contributed by atoms with Crippen molar-refractivity contribution < 1.29 is 4.79 Å². The second-order valence-electron chi connectivity index (χ2n) is 3.97. The van der Waals surface area contributed by atoms with Gasteiger partial charge in [-0.3, -0.25) is 10.1 Å². The van der Waals surface area contributed by atoms with Crippen molar-refractivity contribution in [1.82, 2.24) is 5.32 Å². The molecule has 1 aromatic rings. The zero-order valence-electron chi connectivity index (χ0n) is 8.55. The van der Waals surface area contributed by atoms with Gasteiger partial charge in [-0.1, -0.05) is 19.6 Å². The van der Waals surface area contributed by atoms with Crippen molar-refractivity contribution >= 4 is 25.3 Å². The number of carbonyl (C=O) groups excluding carboxylic acids is 1. The highest BCUT2D eigenvalue weighted by atomic mass is 32.1. The molecule has 1 N–H and O–H groups in total. The third-order valence-electron chi connectivity index (χ3n) is 1.40. The average molecular weight is 223 g/mol. The molecule has 0 radical (unpaired) electrons. The molecule has 0 aliphatic rings. The molecule has 0 saturated carbocycles. The molecule has 4 heteroatoms. The molecule has 14 heavy (non-hydrogen) atoms. The molecule has 0 aromatic carbocycles. The van der Waals surface area contributed by atoms with Crippen LogP contribution in [0, 0.1) is 11.6 Å². The van der Waals surface area contributed by atoms with E-state index in [-0.39, 0.29) is 5.91 Å². The lowest BCUT2D eigenvalue weighted by molar-refractivity contribution is 0.0974. The fourth-order valence-electron chi connectivity index (χ4n) is 0.741. The lowest BCUT2D eigenvalue weighted by Crippen LogP contribution is -2.21. The van der Waals surface area contributed by atoms with E-state index in [2.05, 4.69) is 36.5 Å². The lowest BCUT2D eigenvalue weighted by Gasteiger charge is -2.03. The minimum atomic E-state index is -1.38. The second kappa shape index (κ2) is 4.44. The van der Waals surface area contributed by atoms with Gasteiger partial charge in [0.05, 0.1) is 5.56 Å². The van der Waals surface area contributed by atoms with Gasteiger partial charge in [0.1, 0.15) is 8.07 Å². The number of hydrogen-bond acceptors (Lipinski definition) is 2. The van der Waals surface area contributed by atoms with Gasteiger partial charge >= 0.3 is 0 Å². The van der Waals surface area contributed by atoms with E-state index in [0.717, 1.165) is 0 Å². The Morgan fingerprint density at radius 1 is 1.50 bits per heavy atom. The maximum absolute atomic E-state index is 11.4. The molecule has 74 valence electrons. The van der Waals surface area contributed by atoms with Crippen LogP contribution in [0.5, 0.6) is 0 Å². The van der Waals surface area contributed by atoms with Crippen LogP contribution in [0.25, 0.3) is 0 Å². The van der Waals surface area contributed by atoms with Gasteiger partial charge in [-0.25, -0.2) is 0 Å². The van der Waals surface area contributed by atoms with Crippen LogP contribution in [0.4, 0.5) is 0 Å². The highest BCUT2D eigenvalue weighted by molar-refractivity contribution is 7.08. The number of carbonyl (C=O) groups is 1. The smallest absolute Gasteiger partial charge is 0.263 e. The van der Waals surface area contributed by atoms with E-state index in [1.165, 1.54) is 11.3 Å². The van der Waals surface area contributed by atoms with Crippen LogP contribution in [-0.4, -0.2) is 14.0 Å². The number of thiophene rings is 1. The molecule has 1 aromatic heterocycles. The van der Waals surface area contributed by atoms with E-state index < -0.39 is 8.07 Å². The summed E-state index contributed by atoms with van der Waals surface area (Å²) in [4.78, 5) is 11.4. The van der Waals surface area contributed by atoms with Gasteiger partial charge < -0.3 is 0 Å². The fourth-order valence-corrected chi connectivity index (χ4v) is 1.81. The van der Waals surface area contributed by atoms with Crippen molar-refractivity contribution in [3.05, 3.63) is 22.4 Å². The Balaban J connectivity index is 2.54. The first-order valence-electron chi connectivity index (χ1n) is 4.34. The molecule has 1 rings (SSSR count). The van der Waals surface area contributed by atoms with Gasteiger partial charge in [0.15, 0.2) is 0 Å². The summed E-state index contributed by atoms with van der Waals surface area (Å²) in [6, 6.07) is 4.52. The van der Waals surface area contributed by atoms with E-state index in [4.69, 9.17) is 0 Å². The number of amides is 1. The highest BCUT2D eigenvalue weighted by Gasteiger charge is 2.08. The van der Waals surface area contributed by atoms with Crippen LogP contribution in [-0.2, 0) is 0 Å². The largest absolute Gasteiger partial charge is 0.281 e. The van der Waals surface area contributed by atoms with Crippen molar-refractivity contribution in [2.45, 2.75) is 19.6 Å². The Labute approximate surface area is 89.4 Å². The zero-order valence-corrected chi connectivity index (χ0v) is 10.4. The molecular formula is C10H13NOSSi. The highest BCUT2D eigenvalue weighted by Crippen LogP contribution is 2.04. The summed E-state index contributed by atoms with van der Waals surface area (Å²) in [5.74, 6) is -0.114. The van der Waals surface area contributed by atoms with Crippen LogP contribution in [0.1, 0.15) is 10.4 Å². The van der Waals surface area contributed by atoms with Crippen LogP contribution in [0.3, 0.4) is 0 Å². The molecule has 0 saturated heterocycles. The Kier molecular flexibility index (Phi) is 3.50. The molecule has 0 unspecified atom stereocenters. The molecule has 2 nitrogen and oxygen atoms in total. The van der Waals surface area contributed by atoms with Crippen LogP contribution in [0.2, 0.25) is 19.6 Å². The van der Waals surface area contributed by atoms with Crippen molar-refractivity contribution in [3.8, 4) is 11.6 Å². The van der Waals surface area contributed by atoms with Crippen LogP contribution in [0.15, 0.2) is 16.8 Å². The van der Waals surface area contributed by atoms with Crippen molar-refractivity contribution in [2.24, 2.45) is 0 Å². The van der Waals surface area contributed by atoms with Crippen molar-refractivity contribution in [2.75, 3.05) is 0 Å². The number of nitrogens with one attached hydrogen (secondary N) is 1. The van der Waals surface area contributed by atoms with E-state index in [1.807, 2.05) is 10.8 Å². The van der Waals surface area contributed by atoms with E-state index in [9.17, 15) is 4.79 Å². The summed E-state index contributed by atoms with van der Waals surface area (Å²) in [7, 11) is -1.38. The third-order valence-corrected chi connectivity index (χ3v) is 2.96. The first kappa shape index (κ1) is 11.0. The van der Waals surface area contributed by atoms with Crippen molar-refractivity contribution in [1.29, 1.82) is 0 Å². The minimum absolute atomic E-state index is 0.114. The topological polar surface area (TPSA) is 29.1 Å². The molecule has 0 bridgehead atoms. The summed E-state index contributed by atoms with van der Waals surface area (Å²) >= 11 is 1.51. The summed E-state index contributed by atoms with van der Waals surface area (Å²) in [5, 5.41) is 6.27. The first-order chi connectivity index (χ1) is 6.49. The number of rotatable bonds is 1. The molecule has 0 fully saturated rings. The third kappa shape index (κ3) is 3.77. The van der Waals surface area contributed by atoms with E-state index in [1.54, 1.807) is 6.07 Å². The molecular weight excluding hydrogens is 210 g/mol. The normalized spacial score (nSPS) is 10.2. The van der Waals surface area contributed by atoms with Gasteiger partial charge in [0, 0.05) is 11.4 Å². The van der Waals surface area contributed by atoms with E-state index >= 15 is 0 Å². The Morgan fingerprint density at radius 2 is 2.21 bits per heavy atom. The molecule has 0 spiro atoms. The standard InChI is InChI=1S/C10H13NOSSi/c1-14(2,3)7-5-11-10(12)9-4-6-13-8-9/h4,6,8H,1-3H3,(H,11,12). The Bertz CT molecular complexity index is 367. The summed E-state index contributed by atoms with van der Waals surface area (Å²) in [6.45, 7) is 6.41. The monoisotopic (exact) mass is 223 g/mol. The molecule has 0 aliphatic heterocycles. The lowest BCUT2D eigenvalue weighted by atomic mass is 10.3. The predicted molar refractivity (Wildman–Crippen MR) is 62.9 cm³/mol. The van der Waals surface area contributed by atoms with Crippen molar-refractivity contribution in [3.63, 3.8) is 0 Å². The second-order valence-corrected chi connectivity index (χ2v) is 9.50. The Hall–Kier alpha value is -1.05. The Morgan fingerprint density at radius 3 is 2.71 bits per heavy atom. The average Bonchev–Trinajstić information content (AvgIpc) is 2.53. The molecule has 1 amide bonds. The van der Waals surface area contributed by atoms with Gasteiger partial charge in [0.2, 0.25) is 0 Å².